The van der Waals surface area contributed by atoms with Gasteiger partial charge < -0.3 is 0 Å². The van der Waals surface area contributed by atoms with Crippen molar-refractivity contribution < 1.29 is 13.2 Å². The molecule has 0 bridgehead atoms. The van der Waals surface area contributed by atoms with E-state index in [1.165, 1.54) is 18.3 Å². The van der Waals surface area contributed by atoms with Crippen molar-refractivity contribution in [3.8, 4) is 0 Å². The first-order valence-corrected chi connectivity index (χ1v) is 11.2. The maximum atomic E-state index is 13.2. The number of aromatic nitrogens is 1. The minimum Gasteiger partial charge on any atom is -0.272 e. The molecule has 1 amide bonds. The maximum Gasteiger partial charge on any atom is 0.255 e. The monoisotopic (exact) mass is 456 g/mol. The molecule has 0 radical (unpaired) electrons. The van der Waals surface area contributed by atoms with Crippen LogP contribution in [0.25, 0.3) is 0 Å². The van der Waals surface area contributed by atoms with Gasteiger partial charge in [0.25, 0.3) is 5.91 Å². The normalized spacial score (nSPS) is 11.7. The van der Waals surface area contributed by atoms with Crippen molar-refractivity contribution >= 4 is 33.7 Å². The first-order chi connectivity index (χ1) is 14.8. The fourth-order valence-corrected chi connectivity index (χ4v) is 4.21. The van der Waals surface area contributed by atoms with E-state index in [1.807, 2.05) is 6.92 Å². The summed E-state index contributed by atoms with van der Waals surface area (Å²) in [5, 5.41) is 4.39. The lowest BCUT2D eigenvalue weighted by Gasteiger charge is -2.21. The van der Waals surface area contributed by atoms with E-state index < -0.39 is 22.5 Å². The molecule has 9 heteroatoms. The second-order valence-electron chi connectivity index (χ2n) is 6.76. The number of hydrazone groups is 1. The molecule has 0 unspecified atom stereocenters. The highest BCUT2D eigenvalue weighted by Crippen LogP contribution is 2.20. The predicted molar refractivity (Wildman–Crippen MR) is 120 cm³/mol. The SMILES string of the molecule is Cc1ccc(S(=O)(=O)N(CC(=O)N/N=C/c2ccccn2)Cc2ccc(Cl)cc2)cc1. The molecular formula is C22H21ClN4O3S. The van der Waals surface area contributed by atoms with Crippen LogP contribution in [0.1, 0.15) is 16.8 Å². The molecule has 7 nitrogen and oxygen atoms in total. The Morgan fingerprint density at radius 1 is 1.10 bits per heavy atom. The summed E-state index contributed by atoms with van der Waals surface area (Å²) in [5.41, 5.74) is 4.55. The van der Waals surface area contributed by atoms with Crippen LogP contribution in [0.2, 0.25) is 5.02 Å². The average molecular weight is 457 g/mol. The van der Waals surface area contributed by atoms with Crippen LogP contribution in [0, 0.1) is 6.92 Å². The molecule has 1 heterocycles. The van der Waals surface area contributed by atoms with Gasteiger partial charge in [0.1, 0.15) is 0 Å². The second-order valence-corrected chi connectivity index (χ2v) is 9.13. The number of pyridine rings is 1. The summed E-state index contributed by atoms with van der Waals surface area (Å²) in [4.78, 5) is 16.6. The highest BCUT2D eigenvalue weighted by molar-refractivity contribution is 7.89. The van der Waals surface area contributed by atoms with Gasteiger partial charge in [-0.1, -0.05) is 47.5 Å². The quantitative estimate of drug-likeness (QED) is 0.415. The molecule has 160 valence electrons. The predicted octanol–water partition coefficient (Wildman–Crippen LogP) is 3.38. The molecule has 3 aromatic rings. The van der Waals surface area contributed by atoms with Gasteiger partial charge in [-0.3, -0.25) is 9.78 Å². The number of nitrogens with zero attached hydrogens (tertiary/aromatic N) is 3. The van der Waals surface area contributed by atoms with Crippen LogP contribution in [0.15, 0.2) is 82.9 Å². The molecule has 0 saturated heterocycles. The molecule has 3 rings (SSSR count). The van der Waals surface area contributed by atoms with Gasteiger partial charge in [-0.25, -0.2) is 13.8 Å². The Hall–Kier alpha value is -3.07. The average Bonchev–Trinajstić information content (AvgIpc) is 2.76. The summed E-state index contributed by atoms with van der Waals surface area (Å²) in [7, 11) is -3.92. The molecule has 0 saturated carbocycles. The fraction of sp³-hybridized carbons (Fsp3) is 0.136. The molecule has 1 aromatic heterocycles. The number of halogens is 1. The Balaban J connectivity index is 1.79. The molecule has 0 fully saturated rings. The Morgan fingerprint density at radius 2 is 1.81 bits per heavy atom. The Kier molecular flexibility index (Phi) is 7.51. The smallest absolute Gasteiger partial charge is 0.255 e. The number of amides is 1. The molecule has 1 N–H and O–H groups in total. The van der Waals surface area contributed by atoms with Gasteiger partial charge in [0, 0.05) is 17.8 Å². The molecular weight excluding hydrogens is 436 g/mol. The number of carbonyl (C=O) groups is 1. The van der Waals surface area contributed by atoms with Gasteiger partial charge in [-0.2, -0.15) is 9.41 Å². The minimum atomic E-state index is -3.92. The first kappa shape index (κ1) is 22.6. The molecule has 31 heavy (non-hydrogen) atoms. The fourth-order valence-electron chi connectivity index (χ4n) is 2.70. The maximum absolute atomic E-state index is 13.2. The highest BCUT2D eigenvalue weighted by Gasteiger charge is 2.27. The molecule has 0 aliphatic rings. The third kappa shape index (κ3) is 6.45. The van der Waals surface area contributed by atoms with Crippen molar-refractivity contribution in [1.82, 2.24) is 14.7 Å². The van der Waals surface area contributed by atoms with E-state index in [9.17, 15) is 13.2 Å². The van der Waals surface area contributed by atoms with E-state index in [4.69, 9.17) is 11.6 Å². The van der Waals surface area contributed by atoms with Crippen molar-refractivity contribution in [2.75, 3.05) is 6.54 Å². The van der Waals surface area contributed by atoms with E-state index in [0.717, 1.165) is 9.87 Å². The standard InChI is InChI=1S/C22H21ClN4O3S/c1-17-5-11-21(12-6-17)31(29,30)27(15-18-7-9-19(23)10-8-18)16-22(28)26-25-14-20-4-2-3-13-24-20/h2-14H,15-16H2,1H3,(H,26,28)/b25-14+. The summed E-state index contributed by atoms with van der Waals surface area (Å²) < 4.78 is 27.5. The van der Waals surface area contributed by atoms with Crippen molar-refractivity contribution in [3.63, 3.8) is 0 Å². The largest absolute Gasteiger partial charge is 0.272 e. The van der Waals surface area contributed by atoms with E-state index >= 15 is 0 Å². The summed E-state index contributed by atoms with van der Waals surface area (Å²) >= 11 is 5.92. The lowest BCUT2D eigenvalue weighted by atomic mass is 10.2. The third-order valence-corrected chi connectivity index (χ3v) is 6.38. The zero-order valence-corrected chi connectivity index (χ0v) is 18.3. The van der Waals surface area contributed by atoms with Crippen LogP contribution in [-0.2, 0) is 21.4 Å². The third-order valence-electron chi connectivity index (χ3n) is 4.32. The van der Waals surface area contributed by atoms with Crippen molar-refractivity contribution in [1.29, 1.82) is 0 Å². The molecule has 0 atom stereocenters. The highest BCUT2D eigenvalue weighted by atomic mass is 35.5. The lowest BCUT2D eigenvalue weighted by molar-refractivity contribution is -0.121. The van der Waals surface area contributed by atoms with Crippen LogP contribution in [-0.4, -0.2) is 36.4 Å². The topological polar surface area (TPSA) is 91.7 Å². The summed E-state index contributed by atoms with van der Waals surface area (Å²) in [6, 6.07) is 18.5. The van der Waals surface area contributed by atoms with Gasteiger partial charge in [-0.15, -0.1) is 0 Å². The van der Waals surface area contributed by atoms with Crippen LogP contribution in [0.3, 0.4) is 0 Å². The summed E-state index contributed by atoms with van der Waals surface area (Å²) in [6.07, 6.45) is 2.99. The minimum absolute atomic E-state index is 0.00472. The van der Waals surface area contributed by atoms with Gasteiger partial charge in [0.05, 0.1) is 23.3 Å². The zero-order valence-electron chi connectivity index (χ0n) is 16.8. The summed E-state index contributed by atoms with van der Waals surface area (Å²) in [6.45, 7) is 1.47. The van der Waals surface area contributed by atoms with Crippen LogP contribution >= 0.6 is 11.6 Å². The first-order valence-electron chi connectivity index (χ1n) is 9.39. The van der Waals surface area contributed by atoms with Gasteiger partial charge in [0.2, 0.25) is 10.0 Å². The number of rotatable bonds is 8. The number of hydrogen-bond acceptors (Lipinski definition) is 5. The van der Waals surface area contributed by atoms with Crippen molar-refractivity contribution in [2.45, 2.75) is 18.4 Å². The molecule has 0 aliphatic heterocycles. The Morgan fingerprint density at radius 3 is 2.45 bits per heavy atom. The second kappa shape index (κ2) is 10.3. The number of benzene rings is 2. The van der Waals surface area contributed by atoms with Gasteiger partial charge >= 0.3 is 0 Å². The number of sulfonamides is 1. The van der Waals surface area contributed by atoms with Gasteiger partial charge in [-0.05, 0) is 48.9 Å². The molecule has 0 spiro atoms. The Labute approximate surface area is 186 Å². The number of carbonyl (C=O) groups excluding carboxylic acids is 1. The number of aryl methyl sites for hydroxylation is 1. The lowest BCUT2D eigenvalue weighted by Crippen LogP contribution is -2.39. The number of hydrogen-bond donors (Lipinski definition) is 1. The van der Waals surface area contributed by atoms with E-state index in [2.05, 4.69) is 15.5 Å². The van der Waals surface area contributed by atoms with E-state index in [-0.39, 0.29) is 11.4 Å². The zero-order chi connectivity index (χ0) is 22.3. The number of nitrogens with one attached hydrogen (secondary N) is 1. The van der Waals surface area contributed by atoms with Crippen molar-refractivity contribution in [2.24, 2.45) is 5.10 Å². The molecule has 2 aromatic carbocycles. The van der Waals surface area contributed by atoms with Crippen LogP contribution in [0.4, 0.5) is 0 Å². The van der Waals surface area contributed by atoms with Crippen LogP contribution in [0.5, 0.6) is 0 Å². The van der Waals surface area contributed by atoms with E-state index in [1.54, 1.807) is 60.8 Å². The summed E-state index contributed by atoms with van der Waals surface area (Å²) in [5.74, 6) is -0.572. The van der Waals surface area contributed by atoms with Crippen LogP contribution < -0.4 is 5.43 Å². The van der Waals surface area contributed by atoms with Gasteiger partial charge in [0.15, 0.2) is 0 Å². The molecule has 0 aliphatic carbocycles. The Bertz CT molecular complexity index is 1150. The van der Waals surface area contributed by atoms with E-state index in [0.29, 0.717) is 16.3 Å². The van der Waals surface area contributed by atoms with Crippen molar-refractivity contribution in [3.05, 3.63) is 94.8 Å².